The fraction of sp³-hybridized carbons (Fsp3) is 0.474. The Hall–Kier alpha value is -2.34. The zero-order valence-electron chi connectivity index (χ0n) is 14.7. The quantitative estimate of drug-likeness (QED) is 0.877. The van der Waals surface area contributed by atoms with Gasteiger partial charge in [-0.15, -0.1) is 0 Å². The first-order valence-electron chi connectivity index (χ1n) is 8.83. The van der Waals surface area contributed by atoms with E-state index in [0.29, 0.717) is 30.1 Å². The fourth-order valence-electron chi connectivity index (χ4n) is 3.15. The van der Waals surface area contributed by atoms with Crippen molar-refractivity contribution in [1.82, 2.24) is 9.88 Å². The molecule has 1 saturated heterocycles. The van der Waals surface area contributed by atoms with Crippen LogP contribution >= 0.6 is 0 Å². The molecule has 2 amide bonds. The van der Waals surface area contributed by atoms with E-state index in [1.165, 1.54) is 0 Å². The highest BCUT2D eigenvalue weighted by molar-refractivity contribution is 6.00. The molecule has 1 aromatic heterocycles. The number of nitrogens with zero attached hydrogens (tertiary/aromatic N) is 1. The SMILES string of the molecule is CC(C)Cn1cc(NC(=O)NCC2CCCO2)c2ccccc2c1=O. The molecule has 25 heavy (non-hydrogen) atoms. The van der Waals surface area contributed by atoms with Crippen molar-refractivity contribution in [3.05, 3.63) is 40.8 Å². The van der Waals surface area contributed by atoms with Crippen LogP contribution in [0.1, 0.15) is 26.7 Å². The van der Waals surface area contributed by atoms with Crippen LogP contribution in [0, 0.1) is 5.92 Å². The molecule has 1 aromatic carbocycles. The highest BCUT2D eigenvalue weighted by Gasteiger charge is 2.17. The van der Waals surface area contributed by atoms with Gasteiger partial charge in [0.1, 0.15) is 0 Å². The smallest absolute Gasteiger partial charge is 0.319 e. The molecule has 3 rings (SSSR count). The van der Waals surface area contributed by atoms with Crippen LogP contribution in [0.3, 0.4) is 0 Å². The van der Waals surface area contributed by atoms with Gasteiger partial charge in [0.2, 0.25) is 0 Å². The zero-order valence-corrected chi connectivity index (χ0v) is 14.7. The van der Waals surface area contributed by atoms with Crippen LogP contribution in [0.25, 0.3) is 10.8 Å². The van der Waals surface area contributed by atoms with Gasteiger partial charge in [-0.3, -0.25) is 4.79 Å². The normalized spacial score (nSPS) is 17.2. The van der Waals surface area contributed by atoms with E-state index in [0.717, 1.165) is 24.8 Å². The molecule has 0 bridgehead atoms. The topological polar surface area (TPSA) is 72.4 Å². The van der Waals surface area contributed by atoms with E-state index < -0.39 is 0 Å². The molecule has 2 aromatic rings. The number of aromatic nitrogens is 1. The number of hydrogen-bond acceptors (Lipinski definition) is 3. The number of pyridine rings is 1. The lowest BCUT2D eigenvalue weighted by molar-refractivity contribution is 0.112. The lowest BCUT2D eigenvalue weighted by atomic mass is 10.1. The molecular weight excluding hydrogens is 318 g/mol. The van der Waals surface area contributed by atoms with Crippen LogP contribution < -0.4 is 16.2 Å². The minimum atomic E-state index is -0.282. The Labute approximate surface area is 147 Å². The summed E-state index contributed by atoms with van der Waals surface area (Å²) in [6, 6.07) is 7.07. The molecule has 0 saturated carbocycles. The Morgan fingerprint density at radius 1 is 1.32 bits per heavy atom. The minimum absolute atomic E-state index is 0.0328. The van der Waals surface area contributed by atoms with Gasteiger partial charge >= 0.3 is 6.03 Å². The van der Waals surface area contributed by atoms with Gasteiger partial charge in [-0.05, 0) is 24.8 Å². The predicted octanol–water partition coefficient (Wildman–Crippen LogP) is 2.96. The first kappa shape index (κ1) is 17.5. The summed E-state index contributed by atoms with van der Waals surface area (Å²) >= 11 is 0. The van der Waals surface area contributed by atoms with E-state index in [1.54, 1.807) is 16.8 Å². The van der Waals surface area contributed by atoms with Gasteiger partial charge in [-0.2, -0.15) is 0 Å². The third-order valence-electron chi connectivity index (χ3n) is 4.32. The summed E-state index contributed by atoms with van der Waals surface area (Å²) in [5, 5.41) is 7.10. The van der Waals surface area contributed by atoms with Gasteiger partial charge in [-0.25, -0.2) is 4.79 Å². The minimum Gasteiger partial charge on any atom is -0.376 e. The summed E-state index contributed by atoms with van der Waals surface area (Å²) in [6.07, 6.45) is 3.84. The molecule has 2 heterocycles. The Bertz CT molecular complexity index is 807. The van der Waals surface area contributed by atoms with Crippen LogP contribution in [-0.4, -0.2) is 29.9 Å². The summed E-state index contributed by atoms with van der Waals surface area (Å²) in [7, 11) is 0. The van der Waals surface area contributed by atoms with Gasteiger partial charge in [0.05, 0.1) is 11.8 Å². The van der Waals surface area contributed by atoms with Crippen LogP contribution in [0.15, 0.2) is 35.3 Å². The van der Waals surface area contributed by atoms with Gasteiger partial charge in [0, 0.05) is 36.7 Å². The van der Waals surface area contributed by atoms with Crippen molar-refractivity contribution < 1.29 is 9.53 Å². The molecule has 0 radical (unpaired) electrons. The lowest BCUT2D eigenvalue weighted by Crippen LogP contribution is -2.35. The Morgan fingerprint density at radius 2 is 2.08 bits per heavy atom. The van der Waals surface area contributed by atoms with Gasteiger partial charge < -0.3 is 19.9 Å². The largest absolute Gasteiger partial charge is 0.376 e. The van der Waals surface area contributed by atoms with E-state index >= 15 is 0 Å². The molecule has 2 N–H and O–H groups in total. The van der Waals surface area contributed by atoms with Gasteiger partial charge in [0.25, 0.3) is 5.56 Å². The number of ether oxygens (including phenoxy) is 1. The summed E-state index contributed by atoms with van der Waals surface area (Å²) in [6.45, 7) is 5.98. The van der Waals surface area contributed by atoms with E-state index in [4.69, 9.17) is 4.74 Å². The summed E-state index contributed by atoms with van der Waals surface area (Å²) in [4.78, 5) is 24.9. The van der Waals surface area contributed by atoms with Crippen molar-refractivity contribution >= 4 is 22.5 Å². The van der Waals surface area contributed by atoms with Crippen molar-refractivity contribution in [3.63, 3.8) is 0 Å². The molecule has 6 heteroatoms. The molecule has 0 aliphatic carbocycles. The summed E-state index contributed by atoms with van der Waals surface area (Å²) < 4.78 is 7.18. The molecule has 1 unspecified atom stereocenters. The van der Waals surface area contributed by atoms with Gasteiger partial charge in [0.15, 0.2) is 0 Å². The molecule has 134 valence electrons. The zero-order chi connectivity index (χ0) is 17.8. The van der Waals surface area contributed by atoms with Crippen LogP contribution in [0.5, 0.6) is 0 Å². The Balaban J connectivity index is 1.82. The van der Waals surface area contributed by atoms with Crippen molar-refractivity contribution in [2.45, 2.75) is 39.3 Å². The molecule has 1 aliphatic rings. The van der Waals surface area contributed by atoms with Crippen molar-refractivity contribution in [2.24, 2.45) is 5.92 Å². The molecule has 0 spiro atoms. The number of nitrogens with one attached hydrogen (secondary N) is 2. The molecule has 6 nitrogen and oxygen atoms in total. The van der Waals surface area contributed by atoms with Crippen LogP contribution in [0.2, 0.25) is 0 Å². The highest BCUT2D eigenvalue weighted by atomic mass is 16.5. The number of urea groups is 1. The lowest BCUT2D eigenvalue weighted by Gasteiger charge is -2.16. The van der Waals surface area contributed by atoms with E-state index in [2.05, 4.69) is 24.5 Å². The van der Waals surface area contributed by atoms with Gasteiger partial charge in [-0.1, -0.05) is 32.0 Å². The van der Waals surface area contributed by atoms with E-state index in [-0.39, 0.29) is 17.7 Å². The summed E-state index contributed by atoms with van der Waals surface area (Å²) in [5.74, 6) is 0.333. The maximum Gasteiger partial charge on any atom is 0.319 e. The summed E-state index contributed by atoms with van der Waals surface area (Å²) in [5.41, 5.74) is 0.607. The van der Waals surface area contributed by atoms with Crippen LogP contribution in [-0.2, 0) is 11.3 Å². The van der Waals surface area contributed by atoms with Crippen molar-refractivity contribution in [3.8, 4) is 0 Å². The van der Waals surface area contributed by atoms with E-state index in [1.807, 2.05) is 18.2 Å². The van der Waals surface area contributed by atoms with Crippen molar-refractivity contribution in [1.29, 1.82) is 0 Å². The average molecular weight is 343 g/mol. The standard InChI is InChI=1S/C19H25N3O3/c1-13(2)11-22-12-17(15-7-3-4-8-16(15)18(22)23)21-19(24)20-10-14-6-5-9-25-14/h3-4,7-8,12-14H,5-6,9-11H2,1-2H3,(H2,20,21,24). The second-order valence-corrected chi connectivity index (χ2v) is 6.91. The number of carbonyl (C=O) groups excluding carboxylic acids is 1. The number of rotatable bonds is 5. The first-order valence-corrected chi connectivity index (χ1v) is 8.83. The predicted molar refractivity (Wildman–Crippen MR) is 99.0 cm³/mol. The second-order valence-electron chi connectivity index (χ2n) is 6.91. The number of carbonyl (C=O) groups is 1. The number of fused-ring (bicyclic) bond motifs is 1. The fourth-order valence-corrected chi connectivity index (χ4v) is 3.15. The number of benzene rings is 1. The molecular formula is C19H25N3O3. The average Bonchev–Trinajstić information content (AvgIpc) is 3.10. The Morgan fingerprint density at radius 3 is 2.76 bits per heavy atom. The highest BCUT2D eigenvalue weighted by Crippen LogP contribution is 2.21. The second kappa shape index (κ2) is 7.70. The maximum absolute atomic E-state index is 12.6. The molecule has 1 aliphatic heterocycles. The molecule has 1 atom stereocenters. The maximum atomic E-state index is 12.6. The van der Waals surface area contributed by atoms with E-state index in [9.17, 15) is 9.59 Å². The number of amides is 2. The number of anilines is 1. The van der Waals surface area contributed by atoms with Crippen molar-refractivity contribution in [2.75, 3.05) is 18.5 Å². The third-order valence-corrected chi connectivity index (χ3v) is 4.32. The molecule has 1 fully saturated rings. The third kappa shape index (κ3) is 4.20. The monoisotopic (exact) mass is 343 g/mol. The Kier molecular flexibility index (Phi) is 5.38. The van der Waals surface area contributed by atoms with Crippen LogP contribution in [0.4, 0.5) is 10.5 Å². The number of hydrogen-bond donors (Lipinski definition) is 2. The first-order chi connectivity index (χ1) is 12.0.